The smallest absolute Gasteiger partial charge is 0.231 e. The Balaban J connectivity index is 2.06. The lowest BCUT2D eigenvalue weighted by atomic mass is 10.1. The van der Waals surface area contributed by atoms with Crippen LogP contribution in [0.1, 0.15) is 6.42 Å². The standard InChI is InChI=1S/C14H21N3O2/c15-14(19)11-16-7-8-17(13(10-16)6-9-18)12-4-2-1-3-5-12/h1-5,13,18H,6-11H2,(H2,15,19). The first-order valence-electron chi connectivity index (χ1n) is 6.64. The van der Waals surface area contributed by atoms with Crippen molar-refractivity contribution in [3.05, 3.63) is 30.3 Å². The van der Waals surface area contributed by atoms with Crippen molar-refractivity contribution in [2.45, 2.75) is 12.5 Å². The van der Waals surface area contributed by atoms with Gasteiger partial charge in [-0.05, 0) is 18.6 Å². The maximum Gasteiger partial charge on any atom is 0.231 e. The van der Waals surface area contributed by atoms with Crippen molar-refractivity contribution in [1.29, 1.82) is 0 Å². The van der Waals surface area contributed by atoms with Gasteiger partial charge in [-0.25, -0.2) is 0 Å². The predicted octanol–water partition coefficient (Wildman–Crippen LogP) is 0.0449. The molecule has 1 aromatic rings. The van der Waals surface area contributed by atoms with Crippen LogP contribution < -0.4 is 10.6 Å². The van der Waals surface area contributed by atoms with Gasteiger partial charge in [-0.2, -0.15) is 0 Å². The third-order valence-electron chi connectivity index (χ3n) is 3.50. The fourth-order valence-corrected chi connectivity index (χ4v) is 2.64. The third-order valence-corrected chi connectivity index (χ3v) is 3.50. The SMILES string of the molecule is NC(=O)CN1CCN(c2ccccc2)C(CCO)C1. The predicted molar refractivity (Wildman–Crippen MR) is 74.9 cm³/mol. The highest BCUT2D eigenvalue weighted by Gasteiger charge is 2.27. The van der Waals surface area contributed by atoms with Crippen LogP contribution in [-0.2, 0) is 4.79 Å². The second-order valence-corrected chi connectivity index (χ2v) is 4.90. The highest BCUT2D eigenvalue weighted by atomic mass is 16.3. The summed E-state index contributed by atoms with van der Waals surface area (Å²) in [4.78, 5) is 15.4. The molecule has 5 heteroatoms. The Labute approximate surface area is 113 Å². The summed E-state index contributed by atoms with van der Waals surface area (Å²) in [5, 5.41) is 9.21. The molecule has 2 rings (SSSR count). The van der Waals surface area contributed by atoms with Gasteiger partial charge in [-0.3, -0.25) is 9.69 Å². The Bertz CT molecular complexity index is 410. The Hall–Kier alpha value is -1.59. The normalized spacial score (nSPS) is 20.5. The topological polar surface area (TPSA) is 69.8 Å². The molecule has 0 radical (unpaired) electrons. The fraction of sp³-hybridized carbons (Fsp3) is 0.500. The average Bonchev–Trinajstić information content (AvgIpc) is 2.40. The minimum absolute atomic E-state index is 0.151. The van der Waals surface area contributed by atoms with Crippen molar-refractivity contribution in [3.63, 3.8) is 0 Å². The molecule has 1 fully saturated rings. The maximum atomic E-state index is 11.0. The van der Waals surface area contributed by atoms with Crippen LogP contribution >= 0.6 is 0 Å². The van der Waals surface area contributed by atoms with Gasteiger partial charge in [0, 0.05) is 38.0 Å². The largest absolute Gasteiger partial charge is 0.396 e. The van der Waals surface area contributed by atoms with Crippen LogP contribution in [0.25, 0.3) is 0 Å². The van der Waals surface area contributed by atoms with Crippen molar-refractivity contribution >= 4 is 11.6 Å². The van der Waals surface area contributed by atoms with Gasteiger partial charge in [-0.1, -0.05) is 18.2 Å². The van der Waals surface area contributed by atoms with Gasteiger partial charge in [0.1, 0.15) is 0 Å². The fourth-order valence-electron chi connectivity index (χ4n) is 2.64. The molecule has 1 aliphatic heterocycles. The molecule has 0 bridgehead atoms. The van der Waals surface area contributed by atoms with Crippen molar-refractivity contribution in [2.24, 2.45) is 5.73 Å². The molecule has 1 saturated heterocycles. The van der Waals surface area contributed by atoms with E-state index in [4.69, 9.17) is 5.73 Å². The number of piperazine rings is 1. The van der Waals surface area contributed by atoms with E-state index in [-0.39, 0.29) is 18.6 Å². The first-order valence-corrected chi connectivity index (χ1v) is 6.64. The highest BCUT2D eigenvalue weighted by Crippen LogP contribution is 2.21. The summed E-state index contributed by atoms with van der Waals surface area (Å²) in [7, 11) is 0. The first-order chi connectivity index (χ1) is 9.20. The molecule has 5 nitrogen and oxygen atoms in total. The number of nitrogens with zero attached hydrogens (tertiary/aromatic N) is 2. The molecule has 104 valence electrons. The zero-order valence-electron chi connectivity index (χ0n) is 11.0. The van der Waals surface area contributed by atoms with Gasteiger partial charge in [0.05, 0.1) is 6.54 Å². The highest BCUT2D eigenvalue weighted by molar-refractivity contribution is 5.76. The summed E-state index contributed by atoms with van der Waals surface area (Å²) >= 11 is 0. The van der Waals surface area contributed by atoms with Crippen molar-refractivity contribution in [2.75, 3.05) is 37.7 Å². The molecule has 0 spiro atoms. The quantitative estimate of drug-likeness (QED) is 0.787. The number of nitrogens with two attached hydrogens (primary N) is 1. The van der Waals surface area contributed by atoms with Crippen molar-refractivity contribution < 1.29 is 9.90 Å². The van der Waals surface area contributed by atoms with Gasteiger partial charge in [-0.15, -0.1) is 0 Å². The molecule has 1 amide bonds. The van der Waals surface area contributed by atoms with Crippen LogP contribution in [0, 0.1) is 0 Å². The van der Waals surface area contributed by atoms with E-state index >= 15 is 0 Å². The maximum absolute atomic E-state index is 11.0. The summed E-state index contributed by atoms with van der Waals surface area (Å²) in [6.07, 6.45) is 0.699. The summed E-state index contributed by atoms with van der Waals surface area (Å²) in [6.45, 7) is 2.88. The van der Waals surface area contributed by atoms with E-state index < -0.39 is 0 Å². The van der Waals surface area contributed by atoms with E-state index in [1.165, 1.54) is 5.69 Å². The lowest BCUT2D eigenvalue weighted by molar-refractivity contribution is -0.119. The molecule has 3 N–H and O–H groups in total. The minimum Gasteiger partial charge on any atom is -0.396 e. The molecule has 0 aliphatic carbocycles. The van der Waals surface area contributed by atoms with Crippen LogP contribution in [0.15, 0.2) is 30.3 Å². The van der Waals surface area contributed by atoms with Gasteiger partial charge >= 0.3 is 0 Å². The molecule has 1 atom stereocenters. The number of aliphatic hydroxyl groups is 1. The Morgan fingerprint density at radius 1 is 1.32 bits per heavy atom. The second-order valence-electron chi connectivity index (χ2n) is 4.90. The number of hydrogen-bond acceptors (Lipinski definition) is 4. The van der Waals surface area contributed by atoms with E-state index in [0.29, 0.717) is 13.0 Å². The number of primary amides is 1. The lowest BCUT2D eigenvalue weighted by Gasteiger charge is -2.42. The van der Waals surface area contributed by atoms with Crippen LogP contribution in [0.4, 0.5) is 5.69 Å². The van der Waals surface area contributed by atoms with E-state index in [1.807, 2.05) is 18.2 Å². The minimum atomic E-state index is -0.295. The molecule has 1 heterocycles. The van der Waals surface area contributed by atoms with E-state index in [9.17, 15) is 9.90 Å². The number of rotatable bonds is 5. The monoisotopic (exact) mass is 263 g/mol. The molecule has 1 aliphatic rings. The molecular formula is C14H21N3O2. The van der Waals surface area contributed by atoms with E-state index in [1.54, 1.807) is 0 Å². The van der Waals surface area contributed by atoms with Crippen LogP contribution in [0.2, 0.25) is 0 Å². The molecule has 1 aromatic carbocycles. The number of benzene rings is 1. The second kappa shape index (κ2) is 6.54. The number of para-hydroxylation sites is 1. The zero-order chi connectivity index (χ0) is 13.7. The molecular weight excluding hydrogens is 242 g/mol. The summed E-state index contributed by atoms with van der Waals surface area (Å²) in [5.74, 6) is -0.295. The van der Waals surface area contributed by atoms with Crippen molar-refractivity contribution in [1.82, 2.24) is 4.90 Å². The number of anilines is 1. The zero-order valence-corrected chi connectivity index (χ0v) is 11.0. The average molecular weight is 263 g/mol. The molecule has 19 heavy (non-hydrogen) atoms. The Morgan fingerprint density at radius 2 is 2.05 bits per heavy atom. The summed E-state index contributed by atoms with van der Waals surface area (Å²) in [5.41, 5.74) is 6.41. The van der Waals surface area contributed by atoms with Gasteiger partial charge in [0.2, 0.25) is 5.91 Å². The summed E-state index contributed by atoms with van der Waals surface area (Å²) < 4.78 is 0. The van der Waals surface area contributed by atoms with Gasteiger partial charge in [0.15, 0.2) is 0 Å². The summed E-state index contributed by atoms with van der Waals surface area (Å²) in [6, 6.07) is 10.4. The molecule has 0 saturated carbocycles. The molecule has 0 aromatic heterocycles. The number of amides is 1. The van der Waals surface area contributed by atoms with E-state index in [2.05, 4.69) is 21.9 Å². The third kappa shape index (κ3) is 3.68. The van der Waals surface area contributed by atoms with Crippen molar-refractivity contribution in [3.8, 4) is 0 Å². The van der Waals surface area contributed by atoms with Gasteiger partial charge in [0.25, 0.3) is 0 Å². The number of aliphatic hydroxyl groups excluding tert-OH is 1. The van der Waals surface area contributed by atoms with Gasteiger partial charge < -0.3 is 15.7 Å². The number of carbonyl (C=O) groups is 1. The van der Waals surface area contributed by atoms with Crippen LogP contribution in [0.5, 0.6) is 0 Å². The number of hydrogen-bond donors (Lipinski definition) is 2. The van der Waals surface area contributed by atoms with E-state index in [0.717, 1.165) is 19.6 Å². The Morgan fingerprint density at radius 3 is 2.68 bits per heavy atom. The molecule has 1 unspecified atom stereocenters. The first kappa shape index (κ1) is 13.8. The van der Waals surface area contributed by atoms with Crippen LogP contribution in [0.3, 0.4) is 0 Å². The Kier molecular flexibility index (Phi) is 4.76. The lowest BCUT2D eigenvalue weighted by Crippen LogP contribution is -2.55. The number of carbonyl (C=O) groups excluding carboxylic acids is 1. The van der Waals surface area contributed by atoms with Crippen LogP contribution in [-0.4, -0.2) is 54.7 Å².